The predicted molar refractivity (Wildman–Crippen MR) is 178 cm³/mol. The third kappa shape index (κ3) is 4.69. The van der Waals surface area contributed by atoms with Crippen LogP contribution >= 0.6 is 0 Å². The maximum Gasteiger partial charge on any atom is 0.187 e. The van der Waals surface area contributed by atoms with Crippen LogP contribution in [0.15, 0.2) is 58.7 Å². The summed E-state index contributed by atoms with van der Waals surface area (Å²) in [6.07, 6.45) is 0. The van der Waals surface area contributed by atoms with E-state index >= 15 is 0 Å². The molecule has 0 atom stereocenters. The first-order valence-corrected chi connectivity index (χ1v) is 16.6. The van der Waals surface area contributed by atoms with E-state index < -0.39 is 8.07 Å². The summed E-state index contributed by atoms with van der Waals surface area (Å²) in [6, 6.07) is 12.3. The van der Waals surface area contributed by atoms with Crippen molar-refractivity contribution in [2.75, 3.05) is 42.7 Å². The highest BCUT2D eigenvalue weighted by atomic mass is 28.3. The van der Waals surface area contributed by atoms with E-state index in [1.165, 1.54) is 22.3 Å². The molecule has 3 aromatic rings. The zero-order valence-electron chi connectivity index (χ0n) is 28.0. The van der Waals surface area contributed by atoms with Gasteiger partial charge in [0.2, 0.25) is 0 Å². The second kappa shape index (κ2) is 12.4. The van der Waals surface area contributed by atoms with Gasteiger partial charge in [-0.2, -0.15) is 0 Å². The van der Waals surface area contributed by atoms with Gasteiger partial charge in [0.05, 0.1) is 42.7 Å². The number of benzene rings is 3. The molecule has 1 aliphatic carbocycles. The van der Waals surface area contributed by atoms with Gasteiger partial charge in [0.15, 0.2) is 8.07 Å². The minimum absolute atomic E-state index is 0.0775. The summed E-state index contributed by atoms with van der Waals surface area (Å²) in [7, 11) is 6.81. The zero-order valence-corrected chi connectivity index (χ0v) is 29.0. The molecule has 3 aromatic carbocycles. The Morgan fingerprint density at radius 3 is 0.930 bits per heavy atom. The lowest BCUT2D eigenvalue weighted by molar-refractivity contribution is 0.393. The molecule has 43 heavy (non-hydrogen) atoms. The molecule has 0 aromatic heterocycles. The van der Waals surface area contributed by atoms with Gasteiger partial charge in [0.25, 0.3) is 0 Å². The summed E-state index contributed by atoms with van der Waals surface area (Å²) in [4.78, 5) is 0. The number of methoxy groups -OCH3 is 6. The lowest BCUT2D eigenvalue weighted by Gasteiger charge is -2.44. The van der Waals surface area contributed by atoms with Crippen LogP contribution in [0, 0.1) is 20.8 Å². The van der Waals surface area contributed by atoms with Crippen molar-refractivity contribution in [1.82, 2.24) is 0 Å². The fourth-order valence-corrected chi connectivity index (χ4v) is 14.3. The Hall–Kier alpha value is -3.84. The zero-order chi connectivity index (χ0) is 31.8. The van der Waals surface area contributed by atoms with Gasteiger partial charge < -0.3 is 28.4 Å². The van der Waals surface area contributed by atoms with Gasteiger partial charge >= 0.3 is 0 Å². The Kier molecular flexibility index (Phi) is 9.26. The second-order valence-electron chi connectivity index (χ2n) is 11.3. The summed E-state index contributed by atoms with van der Waals surface area (Å²) >= 11 is 0. The highest BCUT2D eigenvalue weighted by molar-refractivity contribution is 7.15. The van der Waals surface area contributed by atoms with Crippen LogP contribution in [0.2, 0.25) is 5.54 Å². The number of hydrogen-bond acceptors (Lipinski definition) is 6. The SMILES string of the molecule is COc1ccc(C)c(OC)c1[Si](c1c(OC)ccc(C)c1OC)(c1c(OC)ccc(C)c1OC)C1C(C)=C(C)C(C)=C1C. The quantitative estimate of drug-likeness (QED) is 0.204. The third-order valence-electron chi connectivity index (χ3n) is 9.45. The smallest absolute Gasteiger partial charge is 0.187 e. The lowest BCUT2D eigenvalue weighted by atomic mass is 10.1. The first-order valence-electron chi connectivity index (χ1n) is 14.5. The first-order chi connectivity index (χ1) is 20.5. The van der Waals surface area contributed by atoms with E-state index in [0.29, 0.717) is 0 Å². The summed E-state index contributed by atoms with van der Waals surface area (Å²) in [6.45, 7) is 15.2. The summed E-state index contributed by atoms with van der Waals surface area (Å²) < 4.78 is 38.0. The molecule has 0 spiro atoms. The molecule has 0 saturated carbocycles. The summed E-state index contributed by atoms with van der Waals surface area (Å²) in [5.74, 6) is 4.49. The van der Waals surface area contributed by atoms with Gasteiger partial charge in [-0.3, -0.25) is 0 Å². The van der Waals surface area contributed by atoms with Crippen molar-refractivity contribution in [3.05, 3.63) is 75.4 Å². The molecular weight excluding hydrogens is 556 g/mol. The van der Waals surface area contributed by atoms with E-state index in [9.17, 15) is 0 Å². The molecule has 0 unspecified atom stereocenters. The van der Waals surface area contributed by atoms with Gasteiger partial charge in [-0.1, -0.05) is 29.3 Å². The van der Waals surface area contributed by atoms with Crippen molar-refractivity contribution in [1.29, 1.82) is 0 Å². The average Bonchev–Trinajstić information content (AvgIpc) is 3.20. The van der Waals surface area contributed by atoms with Crippen molar-refractivity contribution >= 4 is 23.6 Å². The normalized spacial score (nSPS) is 13.9. The fourth-order valence-electron chi connectivity index (χ4n) is 7.23. The Morgan fingerprint density at radius 1 is 0.419 bits per heavy atom. The van der Waals surface area contributed by atoms with Crippen molar-refractivity contribution in [2.24, 2.45) is 0 Å². The molecule has 0 amide bonds. The number of allylic oxidation sites excluding steroid dienone is 4. The highest BCUT2D eigenvalue weighted by Gasteiger charge is 2.59. The summed E-state index contributed by atoms with van der Waals surface area (Å²) in [5, 5.41) is 2.94. The molecule has 6 nitrogen and oxygen atoms in total. The topological polar surface area (TPSA) is 55.4 Å². The fraction of sp³-hybridized carbons (Fsp3) is 0.389. The van der Waals surface area contributed by atoms with Crippen LogP contribution in [0.25, 0.3) is 0 Å². The van der Waals surface area contributed by atoms with E-state index in [0.717, 1.165) is 66.7 Å². The van der Waals surface area contributed by atoms with Crippen LogP contribution in [-0.2, 0) is 0 Å². The molecule has 0 aliphatic heterocycles. The number of hydrogen-bond donors (Lipinski definition) is 0. The lowest BCUT2D eigenvalue weighted by Crippen LogP contribution is -2.71. The molecule has 0 fully saturated rings. The predicted octanol–water partition coefficient (Wildman–Crippen LogP) is 6.19. The summed E-state index contributed by atoms with van der Waals surface area (Å²) in [5.41, 5.74) is 8.05. The monoisotopic (exact) mass is 602 g/mol. The maximum absolute atomic E-state index is 6.37. The number of rotatable bonds is 10. The van der Waals surface area contributed by atoms with Crippen LogP contribution in [-0.4, -0.2) is 50.7 Å². The van der Waals surface area contributed by atoms with Crippen molar-refractivity contribution in [3.63, 3.8) is 0 Å². The number of ether oxygens (including phenoxy) is 6. The van der Waals surface area contributed by atoms with E-state index in [1.54, 1.807) is 42.7 Å². The van der Waals surface area contributed by atoms with Gasteiger partial charge in [-0.15, -0.1) is 0 Å². The molecular formula is C36H46O6Si. The molecule has 1 aliphatic rings. The number of aryl methyl sites for hydroxylation is 3. The molecule has 0 N–H and O–H groups in total. The van der Waals surface area contributed by atoms with Gasteiger partial charge in [-0.05, 0) is 94.5 Å². The maximum atomic E-state index is 6.37. The third-order valence-corrected chi connectivity index (χ3v) is 15.0. The van der Waals surface area contributed by atoms with E-state index in [4.69, 9.17) is 28.4 Å². The van der Waals surface area contributed by atoms with E-state index in [-0.39, 0.29) is 5.54 Å². The van der Waals surface area contributed by atoms with Crippen molar-refractivity contribution < 1.29 is 28.4 Å². The van der Waals surface area contributed by atoms with Crippen LogP contribution in [0.3, 0.4) is 0 Å². The highest BCUT2D eigenvalue weighted by Crippen LogP contribution is 2.51. The average molecular weight is 603 g/mol. The minimum Gasteiger partial charge on any atom is -0.497 e. The first kappa shape index (κ1) is 32.1. The molecule has 7 heteroatoms. The Balaban J connectivity index is 2.57. The molecule has 0 heterocycles. The second-order valence-corrected chi connectivity index (χ2v) is 15.0. The van der Waals surface area contributed by atoms with Gasteiger partial charge in [0, 0.05) is 21.1 Å². The van der Waals surface area contributed by atoms with Gasteiger partial charge in [-0.25, -0.2) is 0 Å². The molecule has 4 rings (SSSR count). The molecule has 0 bridgehead atoms. The van der Waals surface area contributed by atoms with Crippen LogP contribution < -0.4 is 44.0 Å². The Bertz CT molecular complexity index is 1440. The Labute approximate surface area is 258 Å². The van der Waals surface area contributed by atoms with Crippen LogP contribution in [0.4, 0.5) is 0 Å². The van der Waals surface area contributed by atoms with Crippen LogP contribution in [0.5, 0.6) is 34.5 Å². The standard InChI is InChI=1S/C36H46O6Si/c1-20-14-17-27(37-8)34(30(20)40-11)43(33-25(6)23(4)24(5)26(33)7,35-28(38-9)18-15-21(2)31(35)41-12)36-29(39-10)19-16-22(3)32(36)42-13/h14-19,33H,1-13H3. The minimum atomic E-state index is -3.55. The largest absolute Gasteiger partial charge is 0.497 e. The van der Waals surface area contributed by atoms with E-state index in [2.05, 4.69) is 48.5 Å². The van der Waals surface area contributed by atoms with Crippen molar-refractivity contribution in [2.45, 2.75) is 54.0 Å². The molecule has 230 valence electrons. The molecule has 0 saturated heterocycles. The van der Waals surface area contributed by atoms with Crippen molar-refractivity contribution in [3.8, 4) is 34.5 Å². The van der Waals surface area contributed by atoms with Gasteiger partial charge in [0.1, 0.15) is 34.5 Å². The Morgan fingerprint density at radius 2 is 0.698 bits per heavy atom. The molecule has 0 radical (unpaired) electrons. The van der Waals surface area contributed by atoms with Crippen LogP contribution in [0.1, 0.15) is 44.4 Å². The van der Waals surface area contributed by atoms with E-state index in [1.807, 2.05) is 36.4 Å².